The Morgan fingerprint density at radius 1 is 0.800 bits per heavy atom. The predicted octanol–water partition coefficient (Wildman–Crippen LogP) is 2.49. The summed E-state index contributed by atoms with van der Waals surface area (Å²) >= 11 is 0. The highest BCUT2D eigenvalue weighted by molar-refractivity contribution is 6.01. The van der Waals surface area contributed by atoms with E-state index in [4.69, 9.17) is 16.2 Å². The molecule has 0 saturated heterocycles. The van der Waals surface area contributed by atoms with Crippen LogP contribution in [-0.4, -0.2) is 24.3 Å². The molecule has 0 spiro atoms. The maximum absolute atomic E-state index is 12.3. The fraction of sp³-hybridized carbons (Fsp3) is 0.0870. The van der Waals surface area contributed by atoms with E-state index in [1.165, 1.54) is 18.2 Å². The van der Waals surface area contributed by atoms with Crippen molar-refractivity contribution in [3.8, 4) is 5.75 Å². The molecule has 7 nitrogen and oxygen atoms in total. The van der Waals surface area contributed by atoms with Crippen LogP contribution in [-0.2, 0) is 11.2 Å². The van der Waals surface area contributed by atoms with Gasteiger partial charge < -0.3 is 21.5 Å². The van der Waals surface area contributed by atoms with Gasteiger partial charge in [0.15, 0.2) is 6.61 Å². The molecule has 3 rings (SSSR count). The van der Waals surface area contributed by atoms with E-state index in [-0.39, 0.29) is 23.4 Å². The van der Waals surface area contributed by atoms with Gasteiger partial charge in [-0.2, -0.15) is 0 Å². The van der Waals surface area contributed by atoms with E-state index in [0.29, 0.717) is 12.2 Å². The highest BCUT2D eigenvalue weighted by atomic mass is 16.5. The van der Waals surface area contributed by atoms with Gasteiger partial charge in [-0.25, -0.2) is 0 Å². The van der Waals surface area contributed by atoms with Gasteiger partial charge in [-0.3, -0.25) is 14.4 Å². The second kappa shape index (κ2) is 9.38. The highest BCUT2D eigenvalue weighted by Gasteiger charge is 2.12. The SMILES string of the molecule is NC(=O)c1cc(NC(=O)COc2ccccc2Cc2ccccc2)cc(C(N)=O)c1. The van der Waals surface area contributed by atoms with Crippen molar-refractivity contribution in [2.45, 2.75) is 6.42 Å². The molecule has 152 valence electrons. The Balaban J connectivity index is 1.68. The summed E-state index contributed by atoms with van der Waals surface area (Å²) < 4.78 is 5.70. The first kappa shape index (κ1) is 20.6. The Bertz CT molecular complexity index is 1050. The highest BCUT2D eigenvalue weighted by Crippen LogP contribution is 2.21. The fourth-order valence-corrected chi connectivity index (χ4v) is 2.93. The maximum atomic E-state index is 12.3. The third-order valence-corrected chi connectivity index (χ3v) is 4.35. The van der Waals surface area contributed by atoms with Gasteiger partial charge >= 0.3 is 0 Å². The Morgan fingerprint density at radius 2 is 1.40 bits per heavy atom. The van der Waals surface area contributed by atoms with E-state index in [1.54, 1.807) is 6.07 Å². The lowest BCUT2D eigenvalue weighted by molar-refractivity contribution is -0.118. The average molecular weight is 403 g/mol. The summed E-state index contributed by atoms with van der Waals surface area (Å²) in [4.78, 5) is 35.2. The van der Waals surface area contributed by atoms with Crippen LogP contribution in [0.1, 0.15) is 31.8 Å². The number of carbonyl (C=O) groups is 3. The van der Waals surface area contributed by atoms with Gasteiger partial charge in [0, 0.05) is 23.2 Å². The molecule has 0 heterocycles. The van der Waals surface area contributed by atoms with Crippen molar-refractivity contribution >= 4 is 23.4 Å². The number of carbonyl (C=O) groups excluding carboxylic acids is 3. The molecule has 0 atom stereocenters. The van der Waals surface area contributed by atoms with E-state index in [9.17, 15) is 14.4 Å². The average Bonchev–Trinajstić information content (AvgIpc) is 2.73. The zero-order valence-electron chi connectivity index (χ0n) is 16.1. The molecule has 3 aromatic rings. The fourth-order valence-electron chi connectivity index (χ4n) is 2.93. The molecular weight excluding hydrogens is 382 g/mol. The van der Waals surface area contributed by atoms with Crippen LogP contribution in [0.5, 0.6) is 5.75 Å². The minimum Gasteiger partial charge on any atom is -0.483 e. The molecule has 7 heteroatoms. The number of ether oxygens (including phenoxy) is 1. The molecule has 0 bridgehead atoms. The lowest BCUT2D eigenvalue weighted by Crippen LogP contribution is -2.22. The number of nitrogens with two attached hydrogens (primary N) is 2. The van der Waals surface area contributed by atoms with Crippen molar-refractivity contribution in [3.63, 3.8) is 0 Å². The minimum absolute atomic E-state index is 0.0655. The number of nitrogens with one attached hydrogen (secondary N) is 1. The van der Waals surface area contributed by atoms with E-state index in [0.717, 1.165) is 11.1 Å². The number of rotatable bonds is 8. The Kier molecular flexibility index (Phi) is 6.44. The van der Waals surface area contributed by atoms with Crippen molar-refractivity contribution in [1.82, 2.24) is 0 Å². The normalized spacial score (nSPS) is 10.3. The molecule has 0 unspecified atom stereocenters. The number of para-hydroxylation sites is 1. The number of hydrogen-bond acceptors (Lipinski definition) is 4. The lowest BCUT2D eigenvalue weighted by atomic mass is 10.0. The van der Waals surface area contributed by atoms with Crippen LogP contribution in [0.2, 0.25) is 0 Å². The van der Waals surface area contributed by atoms with Gasteiger partial charge in [0.2, 0.25) is 11.8 Å². The Morgan fingerprint density at radius 3 is 2.03 bits per heavy atom. The first-order valence-electron chi connectivity index (χ1n) is 9.21. The topological polar surface area (TPSA) is 125 Å². The molecule has 0 fully saturated rings. The van der Waals surface area contributed by atoms with Gasteiger partial charge in [0.1, 0.15) is 5.75 Å². The number of anilines is 1. The number of hydrogen-bond donors (Lipinski definition) is 3. The minimum atomic E-state index is -0.736. The van der Waals surface area contributed by atoms with Gasteiger partial charge in [-0.15, -0.1) is 0 Å². The largest absolute Gasteiger partial charge is 0.483 e. The van der Waals surface area contributed by atoms with Crippen molar-refractivity contribution in [1.29, 1.82) is 0 Å². The molecule has 0 aliphatic carbocycles. The summed E-state index contributed by atoms with van der Waals surface area (Å²) in [6, 6.07) is 21.4. The van der Waals surface area contributed by atoms with E-state index in [2.05, 4.69) is 5.32 Å². The van der Waals surface area contributed by atoms with Gasteiger partial charge in [-0.1, -0.05) is 48.5 Å². The van der Waals surface area contributed by atoms with Crippen molar-refractivity contribution in [2.24, 2.45) is 11.5 Å². The van der Waals surface area contributed by atoms with Gasteiger partial charge in [-0.05, 0) is 35.4 Å². The van der Waals surface area contributed by atoms with Crippen LogP contribution in [0.3, 0.4) is 0 Å². The molecule has 5 N–H and O–H groups in total. The molecule has 0 aliphatic heterocycles. The monoisotopic (exact) mass is 403 g/mol. The summed E-state index contributed by atoms with van der Waals surface area (Å²) in [5.74, 6) is -1.33. The van der Waals surface area contributed by atoms with Crippen molar-refractivity contribution in [2.75, 3.05) is 11.9 Å². The van der Waals surface area contributed by atoms with E-state index < -0.39 is 17.7 Å². The van der Waals surface area contributed by atoms with Crippen molar-refractivity contribution in [3.05, 3.63) is 95.1 Å². The number of amides is 3. The predicted molar refractivity (Wildman–Crippen MR) is 113 cm³/mol. The summed E-state index contributed by atoms with van der Waals surface area (Å²) in [5.41, 5.74) is 13.0. The molecule has 3 aromatic carbocycles. The third-order valence-electron chi connectivity index (χ3n) is 4.35. The van der Waals surface area contributed by atoms with E-state index >= 15 is 0 Å². The smallest absolute Gasteiger partial charge is 0.262 e. The molecule has 30 heavy (non-hydrogen) atoms. The van der Waals surface area contributed by atoms with Gasteiger partial charge in [0.25, 0.3) is 5.91 Å². The van der Waals surface area contributed by atoms with Crippen molar-refractivity contribution < 1.29 is 19.1 Å². The molecule has 0 aliphatic rings. The summed E-state index contributed by atoms with van der Waals surface area (Å²) in [7, 11) is 0. The van der Waals surface area contributed by atoms with E-state index in [1.807, 2.05) is 48.5 Å². The first-order chi connectivity index (χ1) is 14.4. The second-order valence-electron chi connectivity index (χ2n) is 6.63. The summed E-state index contributed by atoms with van der Waals surface area (Å²) in [5, 5.41) is 2.59. The van der Waals surface area contributed by atoms with Crippen LogP contribution in [0, 0.1) is 0 Å². The molecule has 0 radical (unpaired) electrons. The zero-order valence-corrected chi connectivity index (χ0v) is 16.1. The van der Waals surface area contributed by atoms with Crippen LogP contribution in [0.4, 0.5) is 5.69 Å². The quantitative estimate of drug-likeness (QED) is 0.534. The van der Waals surface area contributed by atoms with Crippen LogP contribution < -0.4 is 21.5 Å². The zero-order chi connectivity index (χ0) is 21.5. The lowest BCUT2D eigenvalue weighted by Gasteiger charge is -2.12. The Labute approximate surface area is 173 Å². The second-order valence-corrected chi connectivity index (χ2v) is 6.63. The van der Waals surface area contributed by atoms with Crippen LogP contribution >= 0.6 is 0 Å². The molecule has 0 saturated carbocycles. The van der Waals surface area contributed by atoms with Crippen LogP contribution in [0.15, 0.2) is 72.8 Å². The maximum Gasteiger partial charge on any atom is 0.262 e. The Hall–Kier alpha value is -4.13. The standard InChI is InChI=1S/C23H21N3O4/c24-22(28)17-11-18(23(25)29)13-19(12-17)26-21(27)14-30-20-9-5-4-8-16(20)10-15-6-2-1-3-7-15/h1-9,11-13H,10,14H2,(H2,24,28)(H2,25,29)(H,26,27). The first-order valence-corrected chi connectivity index (χ1v) is 9.21. The molecule has 0 aromatic heterocycles. The molecule has 3 amide bonds. The third kappa shape index (κ3) is 5.45. The van der Waals surface area contributed by atoms with Crippen LogP contribution in [0.25, 0.3) is 0 Å². The summed E-state index contributed by atoms with van der Waals surface area (Å²) in [6.45, 7) is -0.251. The summed E-state index contributed by atoms with van der Waals surface area (Å²) in [6.07, 6.45) is 0.668. The molecular formula is C23H21N3O4. The number of benzene rings is 3. The van der Waals surface area contributed by atoms with Gasteiger partial charge in [0.05, 0.1) is 0 Å². The number of primary amides is 2.